The van der Waals surface area contributed by atoms with Crippen molar-refractivity contribution in [2.45, 2.75) is 31.7 Å². The van der Waals surface area contributed by atoms with Crippen LogP contribution in [0.4, 0.5) is 5.69 Å². The number of nitrogens with one attached hydrogen (secondary N) is 1. The molecule has 0 bridgehead atoms. The number of anilines is 1. The third-order valence-electron chi connectivity index (χ3n) is 4.62. The van der Waals surface area contributed by atoms with E-state index < -0.39 is 5.97 Å². The quantitative estimate of drug-likeness (QED) is 0.860. The minimum Gasteiger partial charge on any atom is -0.465 e. The van der Waals surface area contributed by atoms with Crippen LogP contribution in [0.25, 0.3) is 0 Å². The second-order valence-electron chi connectivity index (χ2n) is 6.09. The smallest absolute Gasteiger partial charge is 0.337 e. The number of rotatable bonds is 4. The molecular formula is C17H20N2O4. The topological polar surface area (TPSA) is 75.7 Å². The van der Waals surface area contributed by atoms with Crippen molar-refractivity contribution in [1.29, 1.82) is 0 Å². The van der Waals surface area contributed by atoms with Gasteiger partial charge in [0.15, 0.2) is 0 Å². The van der Waals surface area contributed by atoms with Crippen LogP contribution in [0.15, 0.2) is 24.3 Å². The van der Waals surface area contributed by atoms with Crippen LogP contribution in [0.1, 0.15) is 36.0 Å². The van der Waals surface area contributed by atoms with Crippen molar-refractivity contribution in [1.82, 2.24) is 4.90 Å². The second kappa shape index (κ2) is 6.40. The molecule has 0 radical (unpaired) electrons. The van der Waals surface area contributed by atoms with Crippen LogP contribution in [0.5, 0.6) is 0 Å². The van der Waals surface area contributed by atoms with E-state index in [1.54, 1.807) is 24.3 Å². The summed E-state index contributed by atoms with van der Waals surface area (Å²) in [6.07, 6.45) is 3.55. The number of ether oxygens (including phenoxy) is 1. The minimum atomic E-state index is -0.416. The fraction of sp³-hybridized carbons (Fsp3) is 0.471. The molecule has 6 heteroatoms. The van der Waals surface area contributed by atoms with Crippen molar-refractivity contribution in [2.24, 2.45) is 5.92 Å². The van der Waals surface area contributed by atoms with Crippen LogP contribution in [0.2, 0.25) is 0 Å². The highest BCUT2D eigenvalue weighted by molar-refractivity contribution is 5.97. The number of esters is 1. The molecule has 1 aromatic rings. The average Bonchev–Trinajstić information content (AvgIpc) is 2.87. The summed E-state index contributed by atoms with van der Waals surface area (Å²) in [5.74, 6) is -0.786. The summed E-state index contributed by atoms with van der Waals surface area (Å²) in [7, 11) is 1.32. The summed E-state index contributed by atoms with van der Waals surface area (Å²) >= 11 is 0. The van der Waals surface area contributed by atoms with Gasteiger partial charge >= 0.3 is 5.97 Å². The maximum Gasteiger partial charge on any atom is 0.337 e. The molecule has 1 N–H and O–H groups in total. The molecule has 1 atom stereocenters. The Hall–Kier alpha value is -2.37. The number of benzene rings is 1. The van der Waals surface area contributed by atoms with E-state index in [9.17, 15) is 14.4 Å². The van der Waals surface area contributed by atoms with Crippen molar-refractivity contribution >= 4 is 23.5 Å². The predicted molar refractivity (Wildman–Crippen MR) is 83.9 cm³/mol. The van der Waals surface area contributed by atoms with Gasteiger partial charge in [0.25, 0.3) is 0 Å². The summed E-state index contributed by atoms with van der Waals surface area (Å²) in [6.45, 7) is 0.510. The minimum absolute atomic E-state index is 0.0795. The van der Waals surface area contributed by atoms with Crippen LogP contribution in [-0.2, 0) is 14.3 Å². The number of carbonyl (C=O) groups excluding carboxylic acids is 3. The molecule has 1 heterocycles. The first-order valence-electron chi connectivity index (χ1n) is 7.87. The Kier molecular flexibility index (Phi) is 4.32. The molecule has 1 unspecified atom stereocenters. The molecule has 1 aliphatic heterocycles. The molecule has 2 aliphatic rings. The lowest BCUT2D eigenvalue weighted by atomic mass is 9.92. The summed E-state index contributed by atoms with van der Waals surface area (Å²) in [5, 5.41) is 2.81. The number of likely N-dealkylation sites (tertiary alicyclic amines) is 1. The van der Waals surface area contributed by atoms with Crippen molar-refractivity contribution in [2.75, 3.05) is 19.0 Å². The Morgan fingerprint density at radius 3 is 2.48 bits per heavy atom. The normalized spacial score (nSPS) is 21.0. The fourth-order valence-electron chi connectivity index (χ4n) is 3.01. The molecule has 2 amide bonds. The van der Waals surface area contributed by atoms with E-state index in [0.717, 1.165) is 19.3 Å². The van der Waals surface area contributed by atoms with E-state index in [1.807, 2.05) is 4.90 Å². The highest BCUT2D eigenvalue weighted by Gasteiger charge is 2.39. The van der Waals surface area contributed by atoms with Gasteiger partial charge in [0.2, 0.25) is 11.8 Å². The molecule has 0 aromatic heterocycles. The first-order chi connectivity index (χ1) is 11.1. The Morgan fingerprint density at radius 1 is 1.22 bits per heavy atom. The highest BCUT2D eigenvalue weighted by atomic mass is 16.5. The standard InChI is InChI=1S/C17H20N2O4/c1-23-17(22)11-5-7-13(8-6-11)18-16(21)12-9-15(20)19(10-12)14-3-2-4-14/h5-8,12,14H,2-4,9-10H2,1H3,(H,18,21). The van der Waals surface area contributed by atoms with Gasteiger partial charge in [-0.1, -0.05) is 0 Å². The van der Waals surface area contributed by atoms with E-state index in [1.165, 1.54) is 7.11 Å². The molecule has 0 spiro atoms. The lowest BCUT2D eigenvalue weighted by molar-refractivity contribution is -0.131. The maximum atomic E-state index is 12.3. The Morgan fingerprint density at radius 2 is 1.91 bits per heavy atom. The van der Waals surface area contributed by atoms with E-state index >= 15 is 0 Å². The van der Waals surface area contributed by atoms with Gasteiger partial charge in [-0.3, -0.25) is 9.59 Å². The SMILES string of the molecule is COC(=O)c1ccc(NC(=O)C2CC(=O)N(C3CCC3)C2)cc1. The van der Waals surface area contributed by atoms with Crippen LogP contribution in [0.3, 0.4) is 0 Å². The van der Waals surface area contributed by atoms with Crippen LogP contribution in [0, 0.1) is 5.92 Å². The van der Waals surface area contributed by atoms with E-state index in [4.69, 9.17) is 0 Å². The first-order valence-corrected chi connectivity index (χ1v) is 7.87. The summed E-state index contributed by atoms with van der Waals surface area (Å²) < 4.78 is 4.63. The number of hydrogen-bond acceptors (Lipinski definition) is 4. The maximum absolute atomic E-state index is 12.3. The van der Waals surface area contributed by atoms with Crippen molar-refractivity contribution in [3.05, 3.63) is 29.8 Å². The van der Waals surface area contributed by atoms with Crippen molar-refractivity contribution in [3.8, 4) is 0 Å². The van der Waals surface area contributed by atoms with Gasteiger partial charge in [-0.2, -0.15) is 0 Å². The van der Waals surface area contributed by atoms with Crippen molar-refractivity contribution in [3.63, 3.8) is 0 Å². The largest absolute Gasteiger partial charge is 0.465 e. The van der Waals surface area contributed by atoms with Gasteiger partial charge in [-0.15, -0.1) is 0 Å². The molecule has 122 valence electrons. The lowest BCUT2D eigenvalue weighted by Gasteiger charge is -2.34. The van der Waals surface area contributed by atoms with Gasteiger partial charge < -0.3 is 15.0 Å². The molecule has 6 nitrogen and oxygen atoms in total. The molecule has 2 fully saturated rings. The second-order valence-corrected chi connectivity index (χ2v) is 6.09. The zero-order valence-electron chi connectivity index (χ0n) is 13.1. The van der Waals surface area contributed by atoms with Crippen LogP contribution >= 0.6 is 0 Å². The Balaban J connectivity index is 1.59. The van der Waals surface area contributed by atoms with E-state index in [-0.39, 0.29) is 24.2 Å². The molecule has 1 saturated heterocycles. The molecule has 1 aromatic carbocycles. The van der Waals surface area contributed by atoms with Crippen LogP contribution < -0.4 is 5.32 Å². The zero-order valence-corrected chi connectivity index (χ0v) is 13.1. The fourth-order valence-corrected chi connectivity index (χ4v) is 3.01. The Labute approximate surface area is 134 Å². The number of carbonyl (C=O) groups is 3. The van der Waals surface area contributed by atoms with Gasteiger partial charge in [0, 0.05) is 24.7 Å². The van der Waals surface area contributed by atoms with Gasteiger partial charge in [-0.05, 0) is 43.5 Å². The van der Waals surface area contributed by atoms with Gasteiger partial charge in [0.1, 0.15) is 0 Å². The summed E-state index contributed by atoms with van der Waals surface area (Å²) in [4.78, 5) is 37.6. The van der Waals surface area contributed by atoms with E-state index in [2.05, 4.69) is 10.1 Å². The number of nitrogens with zero attached hydrogens (tertiary/aromatic N) is 1. The molecule has 1 saturated carbocycles. The third kappa shape index (κ3) is 3.21. The number of amides is 2. The summed E-state index contributed by atoms with van der Waals surface area (Å²) in [5.41, 5.74) is 1.04. The molecule has 3 rings (SSSR count). The van der Waals surface area contributed by atoms with Gasteiger partial charge in [0.05, 0.1) is 18.6 Å². The number of hydrogen-bond donors (Lipinski definition) is 1. The third-order valence-corrected chi connectivity index (χ3v) is 4.62. The monoisotopic (exact) mass is 316 g/mol. The molecular weight excluding hydrogens is 296 g/mol. The number of methoxy groups -OCH3 is 1. The zero-order chi connectivity index (χ0) is 16.4. The lowest BCUT2D eigenvalue weighted by Crippen LogP contribution is -2.41. The molecule has 23 heavy (non-hydrogen) atoms. The molecule has 1 aliphatic carbocycles. The van der Waals surface area contributed by atoms with E-state index in [0.29, 0.717) is 23.8 Å². The van der Waals surface area contributed by atoms with Crippen molar-refractivity contribution < 1.29 is 19.1 Å². The predicted octanol–water partition coefficient (Wildman–Crippen LogP) is 1.81. The highest BCUT2D eigenvalue weighted by Crippen LogP contribution is 2.31. The average molecular weight is 316 g/mol. The van der Waals surface area contributed by atoms with Gasteiger partial charge in [-0.25, -0.2) is 4.79 Å². The summed E-state index contributed by atoms with van der Waals surface area (Å²) in [6, 6.07) is 6.85. The Bertz CT molecular complexity index is 622. The first kappa shape index (κ1) is 15.5. The van der Waals surface area contributed by atoms with Crippen LogP contribution in [-0.4, -0.2) is 42.4 Å².